The van der Waals surface area contributed by atoms with Crippen LogP contribution in [-0.2, 0) is 4.79 Å². The van der Waals surface area contributed by atoms with Crippen molar-refractivity contribution in [2.24, 2.45) is 0 Å². The summed E-state index contributed by atoms with van der Waals surface area (Å²) in [6, 6.07) is 0. The van der Waals surface area contributed by atoms with E-state index in [0.717, 1.165) is 23.6 Å². The molecule has 0 fully saturated rings. The Labute approximate surface area is 81.5 Å². The number of rotatable bonds is 2. The van der Waals surface area contributed by atoms with Gasteiger partial charge in [0.15, 0.2) is 5.78 Å². The van der Waals surface area contributed by atoms with Gasteiger partial charge in [0, 0.05) is 0 Å². The van der Waals surface area contributed by atoms with Gasteiger partial charge < -0.3 is 0 Å². The maximum Gasteiger partial charge on any atom is 0.180 e. The summed E-state index contributed by atoms with van der Waals surface area (Å²) in [5.74, 6) is 0.313. The first kappa shape index (κ1) is 10.4. The first-order valence-corrected chi connectivity index (χ1v) is 8.41. The van der Waals surface area contributed by atoms with E-state index in [0.29, 0.717) is 5.78 Å². The topological polar surface area (TPSA) is 17.1 Å². The van der Waals surface area contributed by atoms with Crippen LogP contribution in [0.2, 0.25) is 19.6 Å². The van der Waals surface area contributed by atoms with Gasteiger partial charge in [-0.1, -0.05) is 38.7 Å². The number of Topliss-reactive ketones (excluding diaryl/α,β-unsaturated/α-hetero) is 1. The number of allylic oxidation sites excluding steroid dienone is 4. The molecule has 0 radical (unpaired) electrons. The number of ketones is 1. The maximum atomic E-state index is 11.9. The number of carbonyl (C=O) groups excluding carboxylic acids is 1. The summed E-state index contributed by atoms with van der Waals surface area (Å²) in [5, 5.41) is 1.12. The molecule has 1 nitrogen and oxygen atoms in total. The van der Waals surface area contributed by atoms with Gasteiger partial charge in [0.05, 0.1) is 8.07 Å². The summed E-state index contributed by atoms with van der Waals surface area (Å²) in [7, 11) is -1.41. The predicted molar refractivity (Wildman–Crippen MR) is 59.4 cm³/mol. The molecule has 0 N–H and O–H groups in total. The highest BCUT2D eigenvalue weighted by Crippen LogP contribution is 2.24. The van der Waals surface area contributed by atoms with E-state index in [9.17, 15) is 4.79 Å². The van der Waals surface area contributed by atoms with Crippen LogP contribution < -0.4 is 0 Å². The molecule has 0 spiro atoms. The Morgan fingerprint density at radius 3 is 2.38 bits per heavy atom. The third kappa shape index (κ3) is 2.18. The summed E-state index contributed by atoms with van der Waals surface area (Å²) in [4.78, 5) is 11.9. The Bertz CT molecular complexity index is 279. The standard InChI is InChI=1S/C11H18OSi/c1-5-9-7-6-8-10(11(9)12)13(2,3)4/h7-8H,5-6H2,1-4H3. The Morgan fingerprint density at radius 1 is 1.31 bits per heavy atom. The van der Waals surface area contributed by atoms with Gasteiger partial charge in [-0.05, 0) is 23.6 Å². The van der Waals surface area contributed by atoms with Crippen LogP contribution in [0.15, 0.2) is 22.9 Å². The van der Waals surface area contributed by atoms with E-state index < -0.39 is 8.07 Å². The fraction of sp³-hybridized carbons (Fsp3) is 0.545. The molecule has 0 unspecified atom stereocenters. The van der Waals surface area contributed by atoms with Crippen LogP contribution in [0.4, 0.5) is 0 Å². The second-order valence-electron chi connectivity index (χ2n) is 4.52. The second-order valence-corrected chi connectivity index (χ2v) is 9.55. The molecule has 0 bridgehead atoms. The second kappa shape index (κ2) is 3.62. The molecule has 0 heterocycles. The van der Waals surface area contributed by atoms with Crippen molar-refractivity contribution in [2.75, 3.05) is 0 Å². The van der Waals surface area contributed by atoms with Crippen LogP contribution >= 0.6 is 0 Å². The molecule has 0 saturated heterocycles. The SMILES string of the molecule is CCC1=CCC=C([Si](C)(C)C)C1=O. The first-order chi connectivity index (χ1) is 5.96. The van der Waals surface area contributed by atoms with Gasteiger partial charge >= 0.3 is 0 Å². The highest BCUT2D eigenvalue weighted by atomic mass is 28.3. The summed E-state index contributed by atoms with van der Waals surface area (Å²) >= 11 is 0. The van der Waals surface area contributed by atoms with E-state index in [1.165, 1.54) is 0 Å². The normalized spacial score (nSPS) is 18.3. The van der Waals surface area contributed by atoms with Crippen molar-refractivity contribution in [1.29, 1.82) is 0 Å². The molecule has 1 rings (SSSR count). The van der Waals surface area contributed by atoms with Crippen molar-refractivity contribution < 1.29 is 4.79 Å². The van der Waals surface area contributed by atoms with Crippen molar-refractivity contribution in [3.63, 3.8) is 0 Å². The largest absolute Gasteiger partial charge is 0.290 e. The fourth-order valence-corrected chi connectivity index (χ4v) is 3.20. The van der Waals surface area contributed by atoms with Crippen LogP contribution in [-0.4, -0.2) is 13.9 Å². The highest BCUT2D eigenvalue weighted by Gasteiger charge is 2.28. The monoisotopic (exact) mass is 194 g/mol. The highest BCUT2D eigenvalue weighted by molar-refractivity contribution is 6.87. The van der Waals surface area contributed by atoms with Crippen LogP contribution in [0, 0.1) is 0 Å². The van der Waals surface area contributed by atoms with Crippen molar-refractivity contribution in [3.05, 3.63) is 22.9 Å². The third-order valence-corrected chi connectivity index (χ3v) is 4.46. The molecule has 1 aliphatic carbocycles. The summed E-state index contributed by atoms with van der Waals surface area (Å²) < 4.78 is 0. The molecule has 0 amide bonds. The van der Waals surface area contributed by atoms with Crippen molar-refractivity contribution >= 4 is 13.9 Å². The Morgan fingerprint density at radius 2 is 1.92 bits per heavy atom. The lowest BCUT2D eigenvalue weighted by molar-refractivity contribution is -0.112. The third-order valence-electron chi connectivity index (χ3n) is 2.41. The Kier molecular flexibility index (Phi) is 2.91. The lowest BCUT2D eigenvalue weighted by Gasteiger charge is -2.23. The molecule has 0 aromatic heterocycles. The molecule has 2 heteroatoms. The van der Waals surface area contributed by atoms with Gasteiger partial charge in [-0.3, -0.25) is 4.79 Å². The minimum atomic E-state index is -1.41. The smallest absolute Gasteiger partial charge is 0.180 e. The number of carbonyl (C=O) groups is 1. The molecular weight excluding hydrogens is 176 g/mol. The minimum Gasteiger partial charge on any atom is -0.290 e. The van der Waals surface area contributed by atoms with E-state index in [4.69, 9.17) is 0 Å². The van der Waals surface area contributed by atoms with E-state index in [1.807, 2.05) is 0 Å². The van der Waals surface area contributed by atoms with E-state index >= 15 is 0 Å². The van der Waals surface area contributed by atoms with Crippen molar-refractivity contribution in [2.45, 2.75) is 39.4 Å². The van der Waals surface area contributed by atoms with Gasteiger partial charge in [0.2, 0.25) is 0 Å². The summed E-state index contributed by atoms with van der Waals surface area (Å²) in [6.45, 7) is 8.75. The van der Waals surface area contributed by atoms with E-state index in [1.54, 1.807) is 0 Å². The van der Waals surface area contributed by atoms with Crippen LogP contribution in [0.3, 0.4) is 0 Å². The average molecular weight is 194 g/mol. The van der Waals surface area contributed by atoms with Gasteiger partial charge in [-0.15, -0.1) is 0 Å². The Hall–Kier alpha value is -0.633. The molecule has 0 saturated carbocycles. The molecule has 0 aliphatic heterocycles. The predicted octanol–water partition coefficient (Wildman–Crippen LogP) is 3.10. The molecular formula is C11H18OSi. The van der Waals surface area contributed by atoms with Crippen LogP contribution in [0.5, 0.6) is 0 Å². The minimum absolute atomic E-state index is 0.313. The zero-order chi connectivity index (χ0) is 10.1. The fourth-order valence-electron chi connectivity index (χ4n) is 1.63. The zero-order valence-corrected chi connectivity index (χ0v) is 9.98. The van der Waals surface area contributed by atoms with Gasteiger partial charge in [-0.25, -0.2) is 0 Å². The van der Waals surface area contributed by atoms with E-state index in [2.05, 4.69) is 38.7 Å². The number of hydrogen-bond donors (Lipinski definition) is 0. The quantitative estimate of drug-likeness (QED) is 0.617. The molecule has 0 aromatic carbocycles. The lowest BCUT2D eigenvalue weighted by Crippen LogP contribution is -2.31. The first-order valence-electron chi connectivity index (χ1n) is 4.91. The van der Waals surface area contributed by atoms with Gasteiger partial charge in [0.1, 0.15) is 0 Å². The summed E-state index contributed by atoms with van der Waals surface area (Å²) in [5.41, 5.74) is 1.01. The maximum absolute atomic E-state index is 11.9. The van der Waals surface area contributed by atoms with Crippen LogP contribution in [0.1, 0.15) is 19.8 Å². The lowest BCUT2D eigenvalue weighted by atomic mass is 10.0. The molecule has 1 aliphatic rings. The molecule has 13 heavy (non-hydrogen) atoms. The molecule has 0 atom stereocenters. The zero-order valence-electron chi connectivity index (χ0n) is 8.98. The van der Waals surface area contributed by atoms with Gasteiger partial charge in [-0.2, -0.15) is 0 Å². The summed E-state index contributed by atoms with van der Waals surface area (Å²) in [6.07, 6.45) is 6.01. The van der Waals surface area contributed by atoms with Crippen LogP contribution in [0.25, 0.3) is 0 Å². The molecule has 0 aromatic rings. The van der Waals surface area contributed by atoms with E-state index in [-0.39, 0.29) is 0 Å². The Balaban J connectivity index is 2.93. The number of hydrogen-bond acceptors (Lipinski definition) is 1. The average Bonchev–Trinajstić information content (AvgIpc) is 2.02. The molecule has 72 valence electrons. The van der Waals surface area contributed by atoms with Gasteiger partial charge in [0.25, 0.3) is 0 Å². The van der Waals surface area contributed by atoms with Crippen molar-refractivity contribution in [3.8, 4) is 0 Å². The van der Waals surface area contributed by atoms with Crippen molar-refractivity contribution in [1.82, 2.24) is 0 Å².